The van der Waals surface area contributed by atoms with Gasteiger partial charge in [0.2, 0.25) is 0 Å². The van der Waals surface area contributed by atoms with E-state index in [2.05, 4.69) is 22.3 Å². The third-order valence-electron chi connectivity index (χ3n) is 2.08. The Balaban J connectivity index is 2.68. The quantitative estimate of drug-likeness (QED) is 0.414. The highest BCUT2D eigenvalue weighted by Gasteiger charge is 2.02. The van der Waals surface area contributed by atoms with Crippen molar-refractivity contribution in [2.75, 3.05) is 19.1 Å². The maximum absolute atomic E-state index is 5.33. The summed E-state index contributed by atoms with van der Waals surface area (Å²) in [7, 11) is 1.69. The van der Waals surface area contributed by atoms with Crippen LogP contribution >= 0.6 is 0 Å². The molecule has 15 heavy (non-hydrogen) atoms. The van der Waals surface area contributed by atoms with Gasteiger partial charge in [0.25, 0.3) is 0 Å². The summed E-state index contributed by atoms with van der Waals surface area (Å²) in [4.78, 5) is 8.68. The van der Waals surface area contributed by atoms with Crippen molar-refractivity contribution in [1.29, 1.82) is 0 Å². The van der Waals surface area contributed by atoms with Gasteiger partial charge in [-0.05, 0) is 12.8 Å². The van der Waals surface area contributed by atoms with Crippen molar-refractivity contribution in [1.82, 2.24) is 9.97 Å². The number of nitrogen functional groups attached to an aromatic ring is 1. The summed E-state index contributed by atoms with van der Waals surface area (Å²) in [6.07, 6.45) is 2.62. The van der Waals surface area contributed by atoms with Gasteiger partial charge in [0.15, 0.2) is 0 Å². The van der Waals surface area contributed by atoms with Gasteiger partial charge in [0.05, 0.1) is 0 Å². The van der Waals surface area contributed by atoms with Gasteiger partial charge in [-0.3, -0.25) is 0 Å². The topological polar surface area (TPSA) is 73.1 Å². The van der Waals surface area contributed by atoms with E-state index in [4.69, 9.17) is 10.6 Å². The number of rotatable bonds is 6. The molecule has 0 aliphatic rings. The van der Waals surface area contributed by atoms with Crippen molar-refractivity contribution in [2.45, 2.75) is 26.2 Å². The van der Waals surface area contributed by atoms with Gasteiger partial charge in [-0.2, -0.15) is 0 Å². The highest BCUT2D eigenvalue weighted by atomic mass is 16.5. The molecule has 0 unspecified atom stereocenters. The molecule has 3 N–H and O–H groups in total. The first kappa shape index (κ1) is 11.9. The lowest BCUT2D eigenvalue weighted by Gasteiger charge is -2.06. The maximum Gasteiger partial charge on any atom is 0.143 e. The molecule has 0 amide bonds. The lowest BCUT2D eigenvalue weighted by atomic mass is 10.2. The molecule has 0 aliphatic carbocycles. The number of ether oxygens (including phenoxy) is 1. The SMILES string of the molecule is CCc1cc(NN)nc(CCCOC)n1. The van der Waals surface area contributed by atoms with E-state index < -0.39 is 0 Å². The first-order valence-corrected chi connectivity index (χ1v) is 5.12. The largest absolute Gasteiger partial charge is 0.385 e. The minimum absolute atomic E-state index is 0.675. The van der Waals surface area contributed by atoms with Gasteiger partial charge in [0, 0.05) is 31.9 Å². The van der Waals surface area contributed by atoms with Gasteiger partial charge in [-0.25, -0.2) is 15.8 Å². The molecule has 0 bridgehead atoms. The van der Waals surface area contributed by atoms with Gasteiger partial charge in [-0.1, -0.05) is 6.92 Å². The van der Waals surface area contributed by atoms with Crippen LogP contribution in [0.2, 0.25) is 0 Å². The van der Waals surface area contributed by atoms with Crippen molar-refractivity contribution in [3.05, 3.63) is 17.6 Å². The highest BCUT2D eigenvalue weighted by Crippen LogP contribution is 2.07. The molecule has 1 heterocycles. The van der Waals surface area contributed by atoms with E-state index in [0.717, 1.165) is 37.4 Å². The zero-order chi connectivity index (χ0) is 11.1. The third-order valence-corrected chi connectivity index (χ3v) is 2.08. The maximum atomic E-state index is 5.33. The molecule has 0 saturated carbocycles. The van der Waals surface area contributed by atoms with Crippen molar-refractivity contribution < 1.29 is 4.74 Å². The number of nitrogens with one attached hydrogen (secondary N) is 1. The molecular formula is C10H18N4O. The van der Waals surface area contributed by atoms with Gasteiger partial charge >= 0.3 is 0 Å². The molecule has 1 aromatic rings. The predicted molar refractivity (Wildman–Crippen MR) is 59.4 cm³/mol. The summed E-state index contributed by atoms with van der Waals surface area (Å²) in [6, 6.07) is 1.86. The molecular weight excluding hydrogens is 192 g/mol. The van der Waals surface area contributed by atoms with Gasteiger partial charge in [0.1, 0.15) is 11.6 Å². The first-order chi connectivity index (χ1) is 7.30. The lowest BCUT2D eigenvalue weighted by Crippen LogP contribution is -2.12. The summed E-state index contributed by atoms with van der Waals surface area (Å²) in [5, 5.41) is 0. The molecule has 1 rings (SSSR count). The monoisotopic (exact) mass is 210 g/mol. The molecule has 5 nitrogen and oxygen atoms in total. The van der Waals surface area contributed by atoms with Crippen LogP contribution in [0.4, 0.5) is 5.82 Å². The zero-order valence-electron chi connectivity index (χ0n) is 9.29. The van der Waals surface area contributed by atoms with E-state index in [1.807, 2.05) is 6.07 Å². The molecule has 0 aliphatic heterocycles. The van der Waals surface area contributed by atoms with Crippen molar-refractivity contribution in [2.24, 2.45) is 5.84 Å². The summed E-state index contributed by atoms with van der Waals surface area (Å²) in [5.41, 5.74) is 3.56. The van der Waals surface area contributed by atoms with E-state index >= 15 is 0 Å². The molecule has 0 aromatic carbocycles. The number of aryl methyl sites for hydroxylation is 2. The minimum Gasteiger partial charge on any atom is -0.385 e. The fraction of sp³-hybridized carbons (Fsp3) is 0.600. The Morgan fingerprint density at radius 1 is 1.47 bits per heavy atom. The molecule has 0 spiro atoms. The number of aromatic nitrogens is 2. The molecule has 5 heteroatoms. The Kier molecular flexibility index (Phi) is 5.00. The first-order valence-electron chi connectivity index (χ1n) is 5.12. The van der Waals surface area contributed by atoms with E-state index in [9.17, 15) is 0 Å². The van der Waals surface area contributed by atoms with Crippen molar-refractivity contribution in [3.8, 4) is 0 Å². The number of anilines is 1. The summed E-state index contributed by atoms with van der Waals surface area (Å²) in [5.74, 6) is 6.83. The second-order valence-electron chi connectivity index (χ2n) is 3.25. The van der Waals surface area contributed by atoms with Gasteiger partial charge < -0.3 is 10.2 Å². The predicted octanol–water partition coefficient (Wildman–Crippen LogP) is 0.904. The molecule has 1 aromatic heterocycles. The second-order valence-corrected chi connectivity index (χ2v) is 3.25. The average molecular weight is 210 g/mol. The highest BCUT2D eigenvalue weighted by molar-refractivity contribution is 5.34. The summed E-state index contributed by atoms with van der Waals surface area (Å²) < 4.78 is 4.98. The molecule has 0 radical (unpaired) electrons. The standard InChI is InChI=1S/C10H18N4O/c1-3-8-7-10(14-11)13-9(12-8)5-4-6-15-2/h7H,3-6,11H2,1-2H3,(H,12,13,14). The molecule has 0 atom stereocenters. The van der Waals surface area contributed by atoms with Crippen molar-refractivity contribution in [3.63, 3.8) is 0 Å². The number of hydrogen-bond acceptors (Lipinski definition) is 5. The third kappa shape index (κ3) is 3.81. The molecule has 0 saturated heterocycles. The Hall–Kier alpha value is -1.20. The van der Waals surface area contributed by atoms with Crippen LogP contribution in [-0.2, 0) is 17.6 Å². The van der Waals surface area contributed by atoms with Crippen LogP contribution in [0.3, 0.4) is 0 Å². The number of hydrazine groups is 1. The van der Waals surface area contributed by atoms with Crippen LogP contribution in [0.15, 0.2) is 6.07 Å². The van der Waals surface area contributed by atoms with E-state index in [1.165, 1.54) is 0 Å². The van der Waals surface area contributed by atoms with E-state index in [1.54, 1.807) is 7.11 Å². The normalized spacial score (nSPS) is 10.3. The van der Waals surface area contributed by atoms with E-state index in [0.29, 0.717) is 5.82 Å². The second kappa shape index (κ2) is 6.31. The lowest BCUT2D eigenvalue weighted by molar-refractivity contribution is 0.194. The van der Waals surface area contributed by atoms with Crippen LogP contribution in [-0.4, -0.2) is 23.7 Å². The number of nitrogens with zero attached hydrogens (tertiary/aromatic N) is 2. The summed E-state index contributed by atoms with van der Waals surface area (Å²) >= 11 is 0. The van der Waals surface area contributed by atoms with Crippen LogP contribution in [0.1, 0.15) is 24.9 Å². The fourth-order valence-electron chi connectivity index (χ4n) is 1.29. The minimum atomic E-state index is 0.675. The number of nitrogens with two attached hydrogens (primary N) is 1. The van der Waals surface area contributed by atoms with E-state index in [-0.39, 0.29) is 0 Å². The van der Waals surface area contributed by atoms with Gasteiger partial charge in [-0.15, -0.1) is 0 Å². The number of methoxy groups -OCH3 is 1. The smallest absolute Gasteiger partial charge is 0.143 e. The van der Waals surface area contributed by atoms with Crippen LogP contribution in [0, 0.1) is 0 Å². The summed E-state index contributed by atoms with van der Waals surface area (Å²) in [6.45, 7) is 2.78. The molecule has 0 fully saturated rings. The van der Waals surface area contributed by atoms with Crippen molar-refractivity contribution >= 4 is 5.82 Å². The Labute approximate surface area is 90.0 Å². The van der Waals surface area contributed by atoms with Crippen LogP contribution in [0.5, 0.6) is 0 Å². The number of hydrogen-bond donors (Lipinski definition) is 2. The molecule has 84 valence electrons. The fourth-order valence-corrected chi connectivity index (χ4v) is 1.29. The van der Waals surface area contributed by atoms with Crippen LogP contribution < -0.4 is 11.3 Å². The van der Waals surface area contributed by atoms with Crippen LogP contribution in [0.25, 0.3) is 0 Å². The Morgan fingerprint density at radius 3 is 2.87 bits per heavy atom. The average Bonchev–Trinajstić information content (AvgIpc) is 2.29. The Morgan fingerprint density at radius 2 is 2.27 bits per heavy atom. The zero-order valence-corrected chi connectivity index (χ0v) is 9.29. The Bertz CT molecular complexity index is 281.